The minimum atomic E-state index is -1.36. The molecule has 9 nitrogen and oxygen atoms in total. The molecule has 38 heavy (non-hydrogen) atoms. The highest BCUT2D eigenvalue weighted by Crippen LogP contribution is 2.42. The van der Waals surface area contributed by atoms with E-state index in [9.17, 15) is 19.5 Å². The van der Waals surface area contributed by atoms with Crippen LogP contribution in [0, 0.1) is 5.82 Å². The highest BCUT2D eigenvalue weighted by Gasteiger charge is 2.32. The van der Waals surface area contributed by atoms with E-state index in [2.05, 4.69) is 15.3 Å². The molecule has 4 aromatic rings. The van der Waals surface area contributed by atoms with E-state index in [0.717, 1.165) is 29.9 Å². The molecule has 1 atom stereocenters. The molecule has 2 aromatic carbocycles. The van der Waals surface area contributed by atoms with E-state index < -0.39 is 22.8 Å². The van der Waals surface area contributed by atoms with E-state index in [-0.39, 0.29) is 39.8 Å². The van der Waals surface area contributed by atoms with Gasteiger partial charge in [-0.2, -0.15) is 0 Å². The molecule has 1 unspecified atom stereocenters. The number of fused-ring (bicyclic) bond motifs is 2. The van der Waals surface area contributed by atoms with Gasteiger partial charge < -0.3 is 24.9 Å². The lowest BCUT2D eigenvalue weighted by molar-refractivity contribution is -0.119. The van der Waals surface area contributed by atoms with Crippen LogP contribution in [0.4, 0.5) is 10.1 Å². The van der Waals surface area contributed by atoms with Crippen molar-refractivity contribution in [1.29, 1.82) is 0 Å². The number of halogens is 2. The van der Waals surface area contributed by atoms with Crippen LogP contribution in [0.1, 0.15) is 35.7 Å². The number of carboxylic acid groups (broad SMARTS) is 1. The molecule has 1 aliphatic carbocycles. The number of nitrogens with zero attached hydrogens (tertiary/aromatic N) is 3. The van der Waals surface area contributed by atoms with Crippen molar-refractivity contribution in [3.63, 3.8) is 0 Å². The number of H-pyrrole nitrogens is 1. The number of thioether (sulfide) groups is 1. The molecule has 2 aromatic heterocycles. The van der Waals surface area contributed by atoms with Crippen molar-refractivity contribution in [3.05, 3.63) is 63.2 Å². The van der Waals surface area contributed by atoms with E-state index in [1.165, 1.54) is 18.0 Å². The average Bonchev–Trinajstić information content (AvgIpc) is 3.48. The molecular formula is C26H23ClFN5O4S. The summed E-state index contributed by atoms with van der Waals surface area (Å²) in [6, 6.07) is 8.53. The first-order chi connectivity index (χ1) is 18.3. The molecule has 3 N–H and O–H groups in total. The van der Waals surface area contributed by atoms with Crippen molar-refractivity contribution in [1.82, 2.24) is 19.9 Å². The molecular weight excluding hydrogens is 533 g/mol. The normalized spacial score (nSPS) is 17.4. The van der Waals surface area contributed by atoms with Crippen LogP contribution in [0.3, 0.4) is 0 Å². The van der Waals surface area contributed by atoms with Gasteiger partial charge in [-0.1, -0.05) is 35.5 Å². The molecule has 0 radical (unpaired) electrons. The quantitative estimate of drug-likeness (QED) is 0.292. The minimum Gasteiger partial charge on any atom is -0.477 e. The van der Waals surface area contributed by atoms with E-state index in [1.807, 2.05) is 24.3 Å². The van der Waals surface area contributed by atoms with Gasteiger partial charge in [0.15, 0.2) is 5.16 Å². The Morgan fingerprint density at radius 3 is 2.79 bits per heavy atom. The zero-order chi connectivity index (χ0) is 26.6. The zero-order valence-corrected chi connectivity index (χ0v) is 21.6. The Bertz CT molecular complexity index is 1630. The molecule has 0 spiro atoms. The summed E-state index contributed by atoms with van der Waals surface area (Å²) in [7, 11) is 0. The highest BCUT2D eigenvalue weighted by atomic mass is 35.5. The standard InChI is InChI=1S/C26H23ClFN5O4S/c27-21-22-15(24(35)16(25(36)37)11-33(22)14-5-6-14)9-17(28)23(21)32-8-7-13(10-32)29-20(34)12-38-26-30-18-3-1-2-4-19(18)31-26/h1-4,9,11,13-14H,5-8,10,12H2,(H,29,34)(H,30,31)(H,36,37). The molecule has 0 bridgehead atoms. The number of aromatic amines is 1. The summed E-state index contributed by atoms with van der Waals surface area (Å²) in [4.78, 5) is 46.4. The number of carboxylic acids is 1. The van der Waals surface area contributed by atoms with Gasteiger partial charge in [0.05, 0.1) is 38.4 Å². The molecule has 1 saturated heterocycles. The third kappa shape index (κ3) is 4.49. The van der Waals surface area contributed by atoms with Crippen LogP contribution in [-0.2, 0) is 4.79 Å². The summed E-state index contributed by atoms with van der Waals surface area (Å²) in [5.41, 5.74) is 1.08. The molecule has 196 valence electrons. The molecule has 1 amide bonds. The lowest BCUT2D eigenvalue weighted by atomic mass is 10.1. The molecule has 2 fully saturated rings. The predicted molar refractivity (Wildman–Crippen MR) is 144 cm³/mol. The summed E-state index contributed by atoms with van der Waals surface area (Å²) in [5, 5.41) is 13.2. The van der Waals surface area contributed by atoms with Crippen LogP contribution in [0.15, 0.2) is 46.5 Å². The summed E-state index contributed by atoms with van der Waals surface area (Å²) < 4.78 is 17.0. The number of rotatable bonds is 7. The monoisotopic (exact) mass is 555 g/mol. The van der Waals surface area contributed by atoms with Gasteiger partial charge in [0.25, 0.3) is 0 Å². The second-order valence-corrected chi connectivity index (χ2v) is 10.9. The number of carbonyl (C=O) groups is 2. The van der Waals surface area contributed by atoms with Crippen LogP contribution < -0.4 is 15.6 Å². The largest absolute Gasteiger partial charge is 0.477 e. The molecule has 12 heteroatoms. The Kier molecular flexibility index (Phi) is 6.27. The number of aromatic carboxylic acids is 1. The predicted octanol–water partition coefficient (Wildman–Crippen LogP) is 4.19. The first-order valence-corrected chi connectivity index (χ1v) is 13.6. The maximum Gasteiger partial charge on any atom is 0.341 e. The van der Waals surface area contributed by atoms with Crippen molar-refractivity contribution in [2.75, 3.05) is 23.7 Å². The first-order valence-electron chi connectivity index (χ1n) is 12.2. The third-order valence-electron chi connectivity index (χ3n) is 6.93. The van der Waals surface area contributed by atoms with E-state index in [4.69, 9.17) is 11.6 Å². The van der Waals surface area contributed by atoms with Gasteiger partial charge in [0, 0.05) is 31.4 Å². The number of imidazole rings is 1. The van der Waals surface area contributed by atoms with Crippen molar-refractivity contribution in [2.45, 2.75) is 36.5 Å². The minimum absolute atomic E-state index is 0.0156. The average molecular weight is 556 g/mol. The van der Waals surface area contributed by atoms with Crippen LogP contribution in [0.2, 0.25) is 5.02 Å². The number of amides is 1. The molecule has 1 aliphatic heterocycles. The Balaban J connectivity index is 1.19. The van der Waals surface area contributed by atoms with E-state index in [1.54, 1.807) is 9.47 Å². The van der Waals surface area contributed by atoms with Crippen LogP contribution in [0.25, 0.3) is 21.9 Å². The lowest BCUT2D eigenvalue weighted by Gasteiger charge is -2.23. The van der Waals surface area contributed by atoms with Gasteiger partial charge in [0.2, 0.25) is 11.3 Å². The van der Waals surface area contributed by atoms with Gasteiger partial charge in [-0.25, -0.2) is 14.2 Å². The van der Waals surface area contributed by atoms with Crippen molar-refractivity contribution in [3.8, 4) is 0 Å². The number of nitrogens with one attached hydrogen (secondary N) is 2. The van der Waals surface area contributed by atoms with E-state index in [0.29, 0.717) is 30.2 Å². The number of pyridine rings is 1. The molecule has 1 saturated carbocycles. The molecule has 3 heterocycles. The Morgan fingerprint density at radius 1 is 1.26 bits per heavy atom. The second-order valence-electron chi connectivity index (χ2n) is 9.58. The first kappa shape index (κ1) is 24.7. The zero-order valence-electron chi connectivity index (χ0n) is 20.0. The number of aromatic nitrogens is 3. The van der Waals surface area contributed by atoms with Gasteiger partial charge in [-0.05, 0) is 37.5 Å². The summed E-state index contributed by atoms with van der Waals surface area (Å²) in [6.07, 6.45) is 3.56. The Hall–Kier alpha value is -3.57. The SMILES string of the molecule is O=C(CSc1nc2ccccc2[nH]1)NC1CCN(c2c(F)cc3c(=O)c(C(=O)O)cn(C4CC4)c3c2Cl)C1. The van der Waals surface area contributed by atoms with Crippen LogP contribution >= 0.6 is 23.4 Å². The third-order valence-corrected chi connectivity index (χ3v) is 8.16. The number of hydrogen-bond donors (Lipinski definition) is 3. The molecule has 2 aliphatic rings. The molecule has 6 rings (SSSR count). The topological polar surface area (TPSA) is 120 Å². The maximum absolute atomic E-state index is 15.4. The number of benzene rings is 2. The summed E-state index contributed by atoms with van der Waals surface area (Å²) in [6.45, 7) is 0.814. The number of para-hydroxylation sites is 2. The number of anilines is 1. The highest BCUT2D eigenvalue weighted by molar-refractivity contribution is 7.99. The fourth-order valence-electron chi connectivity index (χ4n) is 5.00. The Labute approximate surface area is 225 Å². The lowest BCUT2D eigenvalue weighted by Crippen LogP contribution is -2.38. The summed E-state index contributed by atoms with van der Waals surface area (Å²) in [5.74, 6) is -2.03. The summed E-state index contributed by atoms with van der Waals surface area (Å²) >= 11 is 8.03. The maximum atomic E-state index is 15.4. The van der Waals surface area contributed by atoms with Gasteiger partial charge in [-0.3, -0.25) is 9.59 Å². The van der Waals surface area contributed by atoms with Crippen LogP contribution in [-0.4, -0.2) is 56.4 Å². The van der Waals surface area contributed by atoms with Gasteiger partial charge in [-0.15, -0.1) is 0 Å². The van der Waals surface area contributed by atoms with E-state index >= 15 is 4.39 Å². The van der Waals surface area contributed by atoms with Crippen molar-refractivity contribution in [2.24, 2.45) is 0 Å². The van der Waals surface area contributed by atoms with Gasteiger partial charge in [0.1, 0.15) is 11.4 Å². The Morgan fingerprint density at radius 2 is 2.05 bits per heavy atom. The van der Waals surface area contributed by atoms with Crippen LogP contribution in [0.5, 0.6) is 0 Å². The van der Waals surface area contributed by atoms with Crippen molar-refractivity contribution >= 4 is 62.9 Å². The fourth-order valence-corrected chi connectivity index (χ4v) is 6.10. The smallest absolute Gasteiger partial charge is 0.341 e. The number of hydrogen-bond acceptors (Lipinski definition) is 6. The fraction of sp³-hybridized carbons (Fsp3) is 0.308. The van der Waals surface area contributed by atoms with Crippen molar-refractivity contribution < 1.29 is 19.1 Å². The van der Waals surface area contributed by atoms with Gasteiger partial charge >= 0.3 is 5.97 Å². The number of carbonyl (C=O) groups excluding carboxylic acids is 1. The second kappa shape index (κ2) is 9.63.